The summed E-state index contributed by atoms with van der Waals surface area (Å²) in [5.41, 5.74) is 5.78. The molecule has 0 aliphatic heterocycles. The van der Waals surface area contributed by atoms with Crippen molar-refractivity contribution in [2.24, 2.45) is 11.1 Å². The van der Waals surface area contributed by atoms with Crippen molar-refractivity contribution in [3.05, 3.63) is 16.0 Å². The third-order valence-corrected chi connectivity index (χ3v) is 7.02. The number of amides is 2. The molecule has 2 aliphatic carbocycles. The van der Waals surface area contributed by atoms with Gasteiger partial charge >= 0.3 is 5.97 Å². The number of nitrogens with one attached hydrogen (secondary N) is 1. The molecule has 9 heteroatoms. The minimum Gasteiger partial charge on any atom is -0.455 e. The smallest absolute Gasteiger partial charge is 0.315 e. The molecule has 2 amide bonds. The summed E-state index contributed by atoms with van der Waals surface area (Å²) in [6.45, 7) is 1.12. The number of fused-ring (bicyclic) bond motifs is 1. The lowest BCUT2D eigenvalue weighted by Crippen LogP contribution is -2.27. The van der Waals surface area contributed by atoms with Crippen molar-refractivity contribution in [3.63, 3.8) is 0 Å². The van der Waals surface area contributed by atoms with Gasteiger partial charge in [0.25, 0.3) is 11.8 Å². The Kier molecular flexibility index (Phi) is 4.77. The van der Waals surface area contributed by atoms with Gasteiger partial charge in [-0.15, -0.1) is 34.5 Å². The largest absolute Gasteiger partial charge is 0.455 e. The highest BCUT2D eigenvalue weighted by atomic mass is 35.5. The summed E-state index contributed by atoms with van der Waals surface area (Å²) in [5, 5.41) is 3.05. The molecule has 1 heterocycles. The van der Waals surface area contributed by atoms with Crippen molar-refractivity contribution in [3.8, 4) is 0 Å². The number of nitrogens with two attached hydrogens (primary N) is 1. The Labute approximate surface area is 159 Å². The number of alkyl halides is 2. The van der Waals surface area contributed by atoms with Gasteiger partial charge in [-0.1, -0.05) is 0 Å². The van der Waals surface area contributed by atoms with Crippen LogP contribution in [0.4, 0.5) is 5.00 Å². The van der Waals surface area contributed by atoms with Crippen LogP contribution in [0, 0.1) is 5.41 Å². The highest BCUT2D eigenvalue weighted by molar-refractivity contribution is 7.17. The van der Waals surface area contributed by atoms with Crippen LogP contribution in [0.5, 0.6) is 0 Å². The predicted molar refractivity (Wildman–Crippen MR) is 96.2 cm³/mol. The first-order valence-electron chi connectivity index (χ1n) is 7.95. The molecule has 0 aromatic carbocycles. The van der Waals surface area contributed by atoms with Crippen LogP contribution in [0.25, 0.3) is 0 Å². The summed E-state index contributed by atoms with van der Waals surface area (Å²) in [7, 11) is 0. The molecule has 136 valence electrons. The van der Waals surface area contributed by atoms with Crippen molar-refractivity contribution < 1.29 is 19.1 Å². The maximum absolute atomic E-state index is 12.1. The van der Waals surface area contributed by atoms with Gasteiger partial charge in [0.1, 0.15) is 14.7 Å². The molecular weight excluding hydrogens is 387 g/mol. The van der Waals surface area contributed by atoms with Crippen molar-refractivity contribution in [1.29, 1.82) is 0 Å². The van der Waals surface area contributed by atoms with Crippen LogP contribution in [-0.2, 0) is 27.2 Å². The minimum absolute atomic E-state index is 0.285. The molecule has 2 aliphatic rings. The van der Waals surface area contributed by atoms with Gasteiger partial charge < -0.3 is 15.8 Å². The number of primary amides is 1. The number of esters is 1. The second-order valence-electron chi connectivity index (χ2n) is 6.62. The van der Waals surface area contributed by atoms with Crippen LogP contribution < -0.4 is 11.1 Å². The van der Waals surface area contributed by atoms with E-state index in [4.69, 9.17) is 33.7 Å². The van der Waals surface area contributed by atoms with E-state index >= 15 is 0 Å². The minimum atomic E-state index is -1.15. The highest BCUT2D eigenvalue weighted by Gasteiger charge is 2.69. The summed E-state index contributed by atoms with van der Waals surface area (Å²) in [5.74, 6) is -1.71. The molecule has 25 heavy (non-hydrogen) atoms. The van der Waals surface area contributed by atoms with Gasteiger partial charge in [0.2, 0.25) is 0 Å². The molecule has 3 N–H and O–H groups in total. The van der Waals surface area contributed by atoms with Crippen molar-refractivity contribution >= 4 is 57.3 Å². The zero-order chi connectivity index (χ0) is 18.4. The molecule has 1 aromatic heterocycles. The fraction of sp³-hybridized carbons (Fsp3) is 0.562. The molecule has 1 aromatic rings. The molecule has 0 saturated heterocycles. The van der Waals surface area contributed by atoms with Crippen LogP contribution >= 0.6 is 34.5 Å². The molecule has 6 nitrogen and oxygen atoms in total. The molecular formula is C16H18Cl2N2O4S. The van der Waals surface area contributed by atoms with Crippen LogP contribution in [0.15, 0.2) is 0 Å². The number of thiophene rings is 1. The van der Waals surface area contributed by atoms with E-state index in [-0.39, 0.29) is 6.42 Å². The molecule has 1 atom stereocenters. The summed E-state index contributed by atoms with van der Waals surface area (Å²) in [6.07, 6.45) is 3.98. The van der Waals surface area contributed by atoms with Crippen LogP contribution in [0.3, 0.4) is 0 Å². The number of carbonyl (C=O) groups excluding carboxylic acids is 3. The number of hydrogen-bond donors (Lipinski definition) is 2. The van der Waals surface area contributed by atoms with Crippen LogP contribution in [0.2, 0.25) is 0 Å². The Hall–Kier alpha value is -1.31. The standard InChI is InChI=1S/C16H18Cl2N2O4S/c1-15(7-16(15,17)18)14(23)24-6-10(21)20-13-11(12(19)22)8-4-2-3-5-9(8)25-13/h2-7H2,1H3,(H2,19,22)(H,20,21)/t15-/m0/s1. The lowest BCUT2D eigenvalue weighted by atomic mass is 9.95. The van der Waals surface area contributed by atoms with E-state index in [1.807, 2.05) is 0 Å². The maximum Gasteiger partial charge on any atom is 0.315 e. The van der Waals surface area contributed by atoms with Crippen LogP contribution in [-0.4, -0.2) is 28.7 Å². The Morgan fingerprint density at radius 3 is 2.52 bits per heavy atom. The fourth-order valence-corrected chi connectivity index (χ4v) is 4.99. The molecule has 0 bridgehead atoms. The zero-order valence-corrected chi connectivity index (χ0v) is 15.9. The highest BCUT2D eigenvalue weighted by Crippen LogP contribution is 2.64. The van der Waals surface area contributed by atoms with Gasteiger partial charge in [-0.2, -0.15) is 0 Å². The molecule has 0 unspecified atom stereocenters. The normalized spacial score (nSPS) is 23.5. The molecule has 0 spiro atoms. The zero-order valence-electron chi connectivity index (χ0n) is 13.6. The Balaban J connectivity index is 1.65. The summed E-state index contributed by atoms with van der Waals surface area (Å²) >= 11 is 13.2. The second kappa shape index (κ2) is 6.45. The number of ether oxygens (including phenoxy) is 1. The van der Waals surface area contributed by atoms with E-state index in [9.17, 15) is 14.4 Å². The Bertz CT molecular complexity index is 762. The van der Waals surface area contributed by atoms with Gasteiger partial charge in [-0.25, -0.2) is 0 Å². The number of hydrogen-bond acceptors (Lipinski definition) is 5. The Morgan fingerprint density at radius 1 is 1.28 bits per heavy atom. The molecule has 0 radical (unpaired) electrons. The first kappa shape index (κ1) is 18.5. The van der Waals surface area contributed by atoms with Gasteiger partial charge in [0, 0.05) is 11.3 Å². The average Bonchev–Trinajstić information content (AvgIpc) is 2.90. The lowest BCUT2D eigenvalue weighted by molar-refractivity contribution is -0.152. The summed E-state index contributed by atoms with van der Waals surface area (Å²) < 4.78 is 3.86. The monoisotopic (exact) mass is 404 g/mol. The third kappa shape index (κ3) is 3.37. The summed E-state index contributed by atoms with van der Waals surface area (Å²) in [6, 6.07) is 0. The number of anilines is 1. The van der Waals surface area contributed by atoms with E-state index < -0.39 is 34.1 Å². The van der Waals surface area contributed by atoms with E-state index in [0.717, 1.165) is 36.1 Å². The van der Waals surface area contributed by atoms with E-state index in [1.54, 1.807) is 6.92 Å². The van der Waals surface area contributed by atoms with Crippen LogP contribution in [0.1, 0.15) is 47.0 Å². The number of halogens is 2. The fourth-order valence-electron chi connectivity index (χ4n) is 2.99. The summed E-state index contributed by atoms with van der Waals surface area (Å²) in [4.78, 5) is 37.0. The van der Waals surface area contributed by atoms with Gasteiger partial charge in [-0.3, -0.25) is 14.4 Å². The lowest BCUT2D eigenvalue weighted by Gasteiger charge is -2.12. The molecule has 1 fully saturated rings. The first-order valence-corrected chi connectivity index (χ1v) is 9.52. The maximum atomic E-state index is 12.1. The van der Waals surface area contributed by atoms with E-state index in [1.165, 1.54) is 11.3 Å². The van der Waals surface area contributed by atoms with Crippen molar-refractivity contribution in [2.45, 2.75) is 43.4 Å². The van der Waals surface area contributed by atoms with Crippen molar-refractivity contribution in [2.75, 3.05) is 11.9 Å². The molecule has 1 saturated carbocycles. The SMILES string of the molecule is C[C@@]1(C(=O)OCC(=O)Nc2sc3c(c2C(N)=O)CCCC3)CC1(Cl)Cl. The molecule has 3 rings (SSSR count). The number of rotatable bonds is 5. The van der Waals surface area contributed by atoms with Gasteiger partial charge in [-0.05, 0) is 38.2 Å². The first-order chi connectivity index (χ1) is 11.7. The van der Waals surface area contributed by atoms with E-state index in [0.29, 0.717) is 10.6 Å². The number of carbonyl (C=O) groups is 3. The quantitative estimate of drug-likeness (QED) is 0.581. The second-order valence-corrected chi connectivity index (χ2v) is 9.21. The third-order valence-electron chi connectivity index (χ3n) is 4.71. The van der Waals surface area contributed by atoms with Gasteiger partial charge in [0.05, 0.1) is 5.56 Å². The number of aryl methyl sites for hydroxylation is 1. The van der Waals surface area contributed by atoms with E-state index in [2.05, 4.69) is 5.32 Å². The Morgan fingerprint density at radius 2 is 1.92 bits per heavy atom. The predicted octanol–water partition coefficient (Wildman–Crippen LogP) is 2.79. The average molecular weight is 405 g/mol. The topological polar surface area (TPSA) is 98.5 Å². The van der Waals surface area contributed by atoms with Gasteiger partial charge in [0.15, 0.2) is 6.61 Å². The van der Waals surface area contributed by atoms with Crippen molar-refractivity contribution in [1.82, 2.24) is 0 Å².